The standard InChI is InChI=1S/C22H30N2O3S/c1-3-9-23-11-13-26-17-6-8-21-20(15-17)19-7-5-18(16-22(19)28(21)25)27-14-12-24-10-4-2/h5-8,15-16,23-24H,3-4,9-14H2,1-2H3. The van der Waals surface area contributed by atoms with Crippen LogP contribution in [0.2, 0.25) is 0 Å². The zero-order chi connectivity index (χ0) is 19.8. The molecule has 1 atom stereocenters. The highest BCUT2D eigenvalue weighted by Gasteiger charge is 2.26. The summed E-state index contributed by atoms with van der Waals surface area (Å²) >= 11 is 0. The third-order valence-electron chi connectivity index (χ3n) is 4.54. The van der Waals surface area contributed by atoms with Crippen molar-refractivity contribution in [2.45, 2.75) is 36.5 Å². The average Bonchev–Trinajstić information content (AvgIpc) is 2.99. The van der Waals surface area contributed by atoms with Crippen molar-refractivity contribution in [2.24, 2.45) is 0 Å². The summed E-state index contributed by atoms with van der Waals surface area (Å²) in [7, 11) is -1.18. The molecule has 0 amide bonds. The summed E-state index contributed by atoms with van der Waals surface area (Å²) in [5.41, 5.74) is 1.99. The lowest BCUT2D eigenvalue weighted by Gasteiger charge is -2.09. The predicted molar refractivity (Wildman–Crippen MR) is 114 cm³/mol. The van der Waals surface area contributed by atoms with Crippen LogP contribution in [0.15, 0.2) is 46.2 Å². The number of hydrogen-bond donors (Lipinski definition) is 2. The Balaban J connectivity index is 1.64. The van der Waals surface area contributed by atoms with Crippen molar-refractivity contribution in [1.29, 1.82) is 0 Å². The van der Waals surface area contributed by atoms with Crippen molar-refractivity contribution in [3.05, 3.63) is 36.4 Å². The summed E-state index contributed by atoms with van der Waals surface area (Å²) in [4.78, 5) is 1.66. The molecule has 6 heteroatoms. The van der Waals surface area contributed by atoms with Gasteiger partial charge in [0.05, 0.1) is 20.6 Å². The maximum absolute atomic E-state index is 12.9. The molecule has 152 valence electrons. The van der Waals surface area contributed by atoms with Gasteiger partial charge in [-0.3, -0.25) is 0 Å². The number of ether oxygens (including phenoxy) is 2. The molecule has 0 aromatic heterocycles. The smallest absolute Gasteiger partial charge is 0.120 e. The van der Waals surface area contributed by atoms with Gasteiger partial charge in [0, 0.05) is 18.7 Å². The molecule has 0 fully saturated rings. The molecular weight excluding hydrogens is 372 g/mol. The quantitative estimate of drug-likeness (QED) is 0.454. The van der Waals surface area contributed by atoms with Gasteiger partial charge < -0.3 is 20.1 Å². The fourth-order valence-electron chi connectivity index (χ4n) is 3.14. The van der Waals surface area contributed by atoms with Crippen molar-refractivity contribution in [3.63, 3.8) is 0 Å². The highest BCUT2D eigenvalue weighted by Crippen LogP contribution is 2.43. The molecule has 1 aliphatic heterocycles. The van der Waals surface area contributed by atoms with Gasteiger partial charge in [-0.15, -0.1) is 0 Å². The predicted octanol–water partition coefficient (Wildman–Crippen LogP) is 3.59. The van der Waals surface area contributed by atoms with Gasteiger partial charge in [-0.2, -0.15) is 0 Å². The average molecular weight is 403 g/mol. The molecule has 0 aliphatic carbocycles. The maximum Gasteiger partial charge on any atom is 0.120 e. The highest BCUT2D eigenvalue weighted by atomic mass is 32.2. The minimum Gasteiger partial charge on any atom is -0.492 e. The van der Waals surface area contributed by atoms with Gasteiger partial charge in [0.25, 0.3) is 0 Å². The topological polar surface area (TPSA) is 59.6 Å². The molecule has 28 heavy (non-hydrogen) atoms. The second-order valence-electron chi connectivity index (χ2n) is 6.78. The van der Waals surface area contributed by atoms with Crippen LogP contribution < -0.4 is 20.1 Å². The SMILES string of the molecule is CCCNCCOc1ccc2c(c1)-c1ccc(OCCNCCC)cc1S2=O. The number of hydrogen-bond acceptors (Lipinski definition) is 5. The Bertz CT molecular complexity index is 810. The van der Waals surface area contributed by atoms with Crippen LogP contribution in [0.25, 0.3) is 11.1 Å². The van der Waals surface area contributed by atoms with Crippen LogP contribution in [0, 0.1) is 0 Å². The molecule has 0 radical (unpaired) electrons. The van der Waals surface area contributed by atoms with Crippen LogP contribution in [0.1, 0.15) is 26.7 Å². The molecule has 1 heterocycles. The van der Waals surface area contributed by atoms with Crippen LogP contribution in [-0.2, 0) is 10.8 Å². The van der Waals surface area contributed by atoms with E-state index in [-0.39, 0.29) is 0 Å². The zero-order valence-corrected chi connectivity index (χ0v) is 17.6. The molecule has 0 bridgehead atoms. The van der Waals surface area contributed by atoms with Crippen LogP contribution in [-0.4, -0.2) is 43.6 Å². The molecule has 2 N–H and O–H groups in total. The van der Waals surface area contributed by atoms with E-state index in [9.17, 15) is 4.21 Å². The van der Waals surface area contributed by atoms with E-state index < -0.39 is 10.8 Å². The second-order valence-corrected chi connectivity index (χ2v) is 8.20. The normalized spacial score (nSPS) is 14.6. The van der Waals surface area contributed by atoms with Gasteiger partial charge in [0.2, 0.25) is 0 Å². The minimum absolute atomic E-state index is 0.600. The third-order valence-corrected chi connectivity index (χ3v) is 6.04. The molecule has 1 aliphatic rings. The van der Waals surface area contributed by atoms with Crippen LogP contribution in [0.3, 0.4) is 0 Å². The van der Waals surface area contributed by atoms with Gasteiger partial charge in [-0.05, 0) is 67.9 Å². The zero-order valence-electron chi connectivity index (χ0n) is 16.8. The summed E-state index contributed by atoms with van der Waals surface area (Å²) in [5, 5.41) is 6.63. The molecule has 1 unspecified atom stereocenters. The van der Waals surface area contributed by atoms with E-state index >= 15 is 0 Å². The molecule has 0 spiro atoms. The Morgan fingerprint density at radius 2 is 1.36 bits per heavy atom. The Morgan fingerprint density at radius 3 is 2.00 bits per heavy atom. The van der Waals surface area contributed by atoms with Crippen molar-refractivity contribution in [1.82, 2.24) is 10.6 Å². The molecule has 5 nitrogen and oxygen atoms in total. The first-order valence-corrected chi connectivity index (χ1v) is 11.3. The van der Waals surface area contributed by atoms with E-state index in [1.807, 2.05) is 36.4 Å². The van der Waals surface area contributed by atoms with Crippen LogP contribution >= 0.6 is 0 Å². The number of nitrogens with one attached hydrogen (secondary N) is 2. The van der Waals surface area contributed by atoms with Crippen molar-refractivity contribution in [2.75, 3.05) is 39.4 Å². The van der Waals surface area contributed by atoms with E-state index in [1.54, 1.807) is 0 Å². The number of fused-ring (bicyclic) bond motifs is 3. The summed E-state index contributed by atoms with van der Waals surface area (Å²) in [6.45, 7) is 9.12. The molecule has 3 rings (SSSR count). The fourth-order valence-corrected chi connectivity index (χ4v) is 4.54. The second kappa shape index (κ2) is 10.6. The van der Waals surface area contributed by atoms with E-state index in [2.05, 4.69) is 24.5 Å². The molecule has 2 aromatic carbocycles. The Hall–Kier alpha value is -1.89. The monoisotopic (exact) mass is 402 g/mol. The van der Waals surface area contributed by atoms with Gasteiger partial charge in [0.15, 0.2) is 0 Å². The lowest BCUT2D eigenvalue weighted by molar-refractivity contribution is 0.313. The molecular formula is C22H30N2O3S. The van der Waals surface area contributed by atoms with Gasteiger partial charge in [-0.1, -0.05) is 13.8 Å². The first-order chi connectivity index (χ1) is 13.7. The van der Waals surface area contributed by atoms with Crippen molar-refractivity contribution < 1.29 is 13.7 Å². The number of benzene rings is 2. The molecule has 0 saturated heterocycles. The number of rotatable bonds is 12. The minimum atomic E-state index is -1.18. The van der Waals surface area contributed by atoms with Gasteiger partial charge in [0.1, 0.15) is 24.7 Å². The first-order valence-electron chi connectivity index (χ1n) is 10.1. The van der Waals surface area contributed by atoms with Gasteiger partial charge >= 0.3 is 0 Å². The summed E-state index contributed by atoms with van der Waals surface area (Å²) in [6.07, 6.45) is 2.22. The highest BCUT2D eigenvalue weighted by molar-refractivity contribution is 7.85. The van der Waals surface area contributed by atoms with Crippen molar-refractivity contribution in [3.8, 4) is 22.6 Å². The van der Waals surface area contributed by atoms with Gasteiger partial charge in [-0.25, -0.2) is 4.21 Å². The summed E-state index contributed by atoms with van der Waals surface area (Å²) in [6, 6.07) is 11.7. The van der Waals surface area contributed by atoms with E-state index in [0.717, 1.165) is 71.4 Å². The lowest BCUT2D eigenvalue weighted by atomic mass is 10.1. The van der Waals surface area contributed by atoms with Crippen molar-refractivity contribution >= 4 is 10.8 Å². The van der Waals surface area contributed by atoms with E-state index in [1.165, 1.54) is 0 Å². The maximum atomic E-state index is 12.9. The van der Waals surface area contributed by atoms with E-state index in [0.29, 0.717) is 13.2 Å². The lowest BCUT2D eigenvalue weighted by Crippen LogP contribution is -2.21. The Labute approximate surface area is 170 Å². The summed E-state index contributed by atoms with van der Waals surface area (Å²) < 4.78 is 24.5. The molecule has 2 aromatic rings. The first kappa shape index (κ1) is 20.8. The molecule has 0 saturated carbocycles. The Morgan fingerprint density at radius 1 is 0.750 bits per heavy atom. The largest absolute Gasteiger partial charge is 0.492 e. The fraction of sp³-hybridized carbons (Fsp3) is 0.455. The van der Waals surface area contributed by atoms with E-state index in [4.69, 9.17) is 9.47 Å². The third kappa shape index (κ3) is 5.13. The van der Waals surface area contributed by atoms with Crippen LogP contribution in [0.5, 0.6) is 11.5 Å². The summed E-state index contributed by atoms with van der Waals surface area (Å²) in [5.74, 6) is 1.57. The van der Waals surface area contributed by atoms with Crippen LogP contribution in [0.4, 0.5) is 0 Å². The Kier molecular flexibility index (Phi) is 7.89.